The van der Waals surface area contributed by atoms with E-state index in [1.54, 1.807) is 0 Å². The first-order valence-electron chi connectivity index (χ1n) is 0. The fraction of sp³-hybridized carbons (Fsp3) is 0. The summed E-state index contributed by atoms with van der Waals surface area (Å²) in [5.74, 6) is 0. The largest absolute Gasteiger partial charge is 2.00 e. The zero-order chi connectivity index (χ0) is 0. The van der Waals surface area contributed by atoms with Crippen LogP contribution >= 0.6 is 19.8 Å². The Morgan fingerprint density at radius 3 is 0.500 bits per heavy atom. The second kappa shape index (κ2) is 163. The van der Waals surface area contributed by atoms with Crippen molar-refractivity contribution in [3.63, 3.8) is 0 Å². The van der Waals surface area contributed by atoms with Crippen LogP contribution in [0.5, 0.6) is 0 Å². The summed E-state index contributed by atoms with van der Waals surface area (Å²) in [5.41, 5.74) is 0. The quantitative estimate of drug-likeness (QED) is 0.363. The Hall–Kier alpha value is 1.82. The second-order valence-corrected chi connectivity index (χ2v) is 0. The topological polar surface area (TPSA) is 67.0 Å². The van der Waals surface area contributed by atoms with Gasteiger partial charge >= 0.3 is 34.1 Å². The molecular weight excluding hydrogens is 241 g/mol. The Kier molecular flexibility index (Phi) is 4700. The van der Waals surface area contributed by atoms with E-state index in [0.717, 1.165) is 0 Å². The van der Waals surface area contributed by atoms with Crippen molar-refractivity contribution in [2.24, 2.45) is 0 Å². The molecule has 2 nitrogen and oxygen atoms in total. The third-order valence-corrected chi connectivity index (χ3v) is 0. The predicted octanol–water partition coefficient (Wildman–Crippen LogP) is 2.45. The van der Waals surface area contributed by atoms with Gasteiger partial charge in [0, 0.05) is 0 Å². The Labute approximate surface area is 81.1 Å². The van der Waals surface area contributed by atoms with E-state index in [1.165, 1.54) is 0 Å². The van der Waals surface area contributed by atoms with Gasteiger partial charge in [0.25, 0.3) is 0 Å². The Balaban J connectivity index is 0. The summed E-state index contributed by atoms with van der Waals surface area (Å²) < 4.78 is 0. The van der Waals surface area contributed by atoms with E-state index in [0.29, 0.717) is 0 Å². The molecule has 0 amide bonds. The molecule has 66 valence electrons. The standard InChI is InChI=1S/2CH3.2Cu.2H2N.2H3P/h2*1H3;;;2*1H2;2*1H3/q2*-1;2*+2;2*-1;;. The fourth-order valence-corrected chi connectivity index (χ4v) is 0. The van der Waals surface area contributed by atoms with Gasteiger partial charge < -0.3 is 27.2 Å². The maximum atomic E-state index is 0. The Bertz CT molecular complexity index is 16.0. The third kappa shape index (κ3) is 110. The maximum absolute atomic E-state index is 0. The first-order chi connectivity index (χ1) is 0. The molecule has 2 atom stereocenters. The van der Waals surface area contributed by atoms with Crippen molar-refractivity contribution in [1.29, 1.82) is 0 Å². The number of hydrogen-bond acceptors (Lipinski definition) is 0. The maximum Gasteiger partial charge on any atom is 2.00 e. The molecule has 0 fully saturated rings. The fourth-order valence-electron chi connectivity index (χ4n) is 0. The van der Waals surface area contributed by atoms with Gasteiger partial charge in [-0.2, -0.15) is 19.8 Å². The molecule has 0 heterocycles. The molecule has 0 bridgehead atoms. The molecule has 4 N–H and O–H groups in total. The Morgan fingerprint density at radius 2 is 0.500 bits per heavy atom. The SMILES string of the molecule is P.P.[CH3-].[CH3-].[Cu+2].[Cu+2].[NH2-].[NH2-]. The molecule has 0 rings (SSSR count). The normalized spacial score (nSPS) is 0. The number of rotatable bonds is 0. The van der Waals surface area contributed by atoms with Crippen molar-refractivity contribution in [2.45, 2.75) is 0 Å². The minimum Gasteiger partial charge on any atom is -0.693 e. The van der Waals surface area contributed by atoms with Crippen molar-refractivity contribution in [3.8, 4) is 0 Å². The third-order valence-electron chi connectivity index (χ3n) is 0. The smallest absolute Gasteiger partial charge is 0.693 e. The Morgan fingerprint density at radius 1 is 0.500 bits per heavy atom. The van der Waals surface area contributed by atoms with Crippen molar-refractivity contribution in [3.05, 3.63) is 27.2 Å². The molecule has 6 heteroatoms. The van der Waals surface area contributed by atoms with Crippen molar-refractivity contribution in [2.75, 3.05) is 0 Å². The summed E-state index contributed by atoms with van der Waals surface area (Å²) in [4.78, 5) is 0. The first kappa shape index (κ1) is 231. The molecule has 0 saturated carbocycles. The van der Waals surface area contributed by atoms with Crippen LogP contribution in [-0.4, -0.2) is 0 Å². The average Bonchev–Trinajstić information content (AvgIpc) is 0. The second-order valence-electron chi connectivity index (χ2n) is 0. The first-order valence-corrected chi connectivity index (χ1v) is 0. The summed E-state index contributed by atoms with van der Waals surface area (Å²) in [6.45, 7) is 0. The van der Waals surface area contributed by atoms with Crippen LogP contribution in [0.15, 0.2) is 0 Å². The van der Waals surface area contributed by atoms with Crippen LogP contribution in [0.2, 0.25) is 0 Å². The zero-order valence-electron chi connectivity index (χ0n) is 5.17. The van der Waals surface area contributed by atoms with E-state index in [-0.39, 0.29) is 81.1 Å². The summed E-state index contributed by atoms with van der Waals surface area (Å²) in [7, 11) is 0. The van der Waals surface area contributed by atoms with E-state index < -0.39 is 0 Å². The van der Waals surface area contributed by atoms with Gasteiger partial charge in [-0.15, -0.1) is 0 Å². The molecule has 0 aromatic rings. The average molecular weight is 257 g/mol. The van der Waals surface area contributed by atoms with Crippen molar-refractivity contribution in [1.82, 2.24) is 0 Å². The molecule has 0 aromatic heterocycles. The molecular formula is C2H16Cu2N2P2. The molecule has 2 radical (unpaired) electrons. The summed E-state index contributed by atoms with van der Waals surface area (Å²) in [5, 5.41) is 0. The van der Waals surface area contributed by atoms with Crippen molar-refractivity contribution >= 4 is 19.8 Å². The zero-order valence-corrected chi connectivity index (χ0v) is 9.88. The summed E-state index contributed by atoms with van der Waals surface area (Å²) in [6.07, 6.45) is 0. The van der Waals surface area contributed by atoms with Crippen LogP contribution in [0.25, 0.3) is 12.3 Å². The molecule has 0 aliphatic heterocycles. The van der Waals surface area contributed by atoms with Crippen LogP contribution in [0, 0.1) is 14.9 Å². The van der Waals surface area contributed by atoms with Crippen LogP contribution < -0.4 is 0 Å². The van der Waals surface area contributed by atoms with Gasteiger partial charge in [-0.05, 0) is 0 Å². The van der Waals surface area contributed by atoms with Crippen LogP contribution in [0.3, 0.4) is 0 Å². The van der Waals surface area contributed by atoms with E-state index in [2.05, 4.69) is 0 Å². The summed E-state index contributed by atoms with van der Waals surface area (Å²) >= 11 is 0. The van der Waals surface area contributed by atoms with Gasteiger partial charge in [-0.3, -0.25) is 0 Å². The van der Waals surface area contributed by atoms with Gasteiger partial charge in [0.05, 0.1) is 0 Å². The number of hydrogen-bond donors (Lipinski definition) is 0. The molecule has 0 saturated heterocycles. The van der Waals surface area contributed by atoms with Crippen LogP contribution in [-0.2, 0) is 34.1 Å². The van der Waals surface area contributed by atoms with E-state index in [1.807, 2.05) is 0 Å². The molecule has 2 unspecified atom stereocenters. The number of nitrogens with two attached hydrogens (primary N) is 2. The van der Waals surface area contributed by atoms with Gasteiger partial charge in [0.1, 0.15) is 0 Å². The van der Waals surface area contributed by atoms with Crippen LogP contribution in [0.4, 0.5) is 0 Å². The van der Waals surface area contributed by atoms with Gasteiger partial charge in [-0.1, -0.05) is 0 Å². The monoisotopic (exact) mass is 256 g/mol. The van der Waals surface area contributed by atoms with E-state index in [4.69, 9.17) is 0 Å². The van der Waals surface area contributed by atoms with Gasteiger partial charge in [0.15, 0.2) is 0 Å². The molecule has 8 heavy (non-hydrogen) atoms. The van der Waals surface area contributed by atoms with Gasteiger partial charge in [0.2, 0.25) is 0 Å². The van der Waals surface area contributed by atoms with Crippen LogP contribution in [0.1, 0.15) is 0 Å². The van der Waals surface area contributed by atoms with E-state index in [9.17, 15) is 0 Å². The summed E-state index contributed by atoms with van der Waals surface area (Å²) in [6, 6.07) is 0. The molecule has 0 aromatic carbocycles. The van der Waals surface area contributed by atoms with E-state index >= 15 is 0 Å². The predicted molar refractivity (Wildman–Crippen MR) is 45.6 cm³/mol. The molecule has 0 aliphatic rings. The molecule has 0 aliphatic carbocycles. The van der Waals surface area contributed by atoms with Crippen molar-refractivity contribution < 1.29 is 34.1 Å². The molecule has 0 spiro atoms. The minimum absolute atomic E-state index is 0. The van der Waals surface area contributed by atoms with Gasteiger partial charge in [-0.25, -0.2) is 0 Å². The minimum atomic E-state index is 0.